The van der Waals surface area contributed by atoms with Crippen molar-refractivity contribution in [3.05, 3.63) is 90.3 Å². The van der Waals surface area contributed by atoms with Gasteiger partial charge in [-0.15, -0.1) is 0 Å². The average molecular weight is 470 g/mol. The molecule has 2 amide bonds. The monoisotopic (exact) mass is 469 g/mol. The van der Waals surface area contributed by atoms with Gasteiger partial charge in [-0.25, -0.2) is 4.98 Å². The minimum absolute atomic E-state index is 0.0825. The van der Waals surface area contributed by atoms with Crippen LogP contribution in [0.3, 0.4) is 0 Å². The fourth-order valence-corrected chi connectivity index (χ4v) is 4.21. The zero-order valence-corrected chi connectivity index (χ0v) is 20.4. The number of anilines is 2. The molecular weight excluding hydrogens is 438 g/mol. The Morgan fingerprint density at radius 3 is 2.26 bits per heavy atom. The van der Waals surface area contributed by atoms with E-state index in [9.17, 15) is 9.59 Å². The van der Waals surface area contributed by atoms with E-state index in [-0.39, 0.29) is 18.4 Å². The van der Waals surface area contributed by atoms with Gasteiger partial charge in [0.25, 0.3) is 5.91 Å². The summed E-state index contributed by atoms with van der Waals surface area (Å²) >= 11 is 0. The van der Waals surface area contributed by atoms with Gasteiger partial charge in [0.05, 0.1) is 17.1 Å². The van der Waals surface area contributed by atoms with Crippen LogP contribution in [0.25, 0.3) is 11.0 Å². The first-order valence-electron chi connectivity index (χ1n) is 12.0. The van der Waals surface area contributed by atoms with Crippen LogP contribution in [0.1, 0.15) is 43.0 Å². The second-order valence-corrected chi connectivity index (χ2v) is 8.37. The summed E-state index contributed by atoms with van der Waals surface area (Å²) in [6.45, 7) is 8.06. The number of imidazole rings is 1. The predicted octanol–water partition coefficient (Wildman–Crippen LogP) is 5.01. The molecule has 0 aliphatic rings. The van der Waals surface area contributed by atoms with E-state index >= 15 is 0 Å². The molecular formula is C28H31N5O2. The Bertz CT molecular complexity index is 1290. The van der Waals surface area contributed by atoms with E-state index in [0.717, 1.165) is 35.5 Å². The van der Waals surface area contributed by atoms with Crippen LogP contribution in [0, 0.1) is 0 Å². The molecule has 0 unspecified atom stereocenters. The van der Waals surface area contributed by atoms with E-state index < -0.39 is 6.04 Å². The Morgan fingerprint density at radius 2 is 1.57 bits per heavy atom. The lowest BCUT2D eigenvalue weighted by Gasteiger charge is -2.21. The Hall–Kier alpha value is -4.13. The summed E-state index contributed by atoms with van der Waals surface area (Å²) in [4.78, 5) is 32.7. The number of hydrogen-bond acceptors (Lipinski definition) is 4. The Morgan fingerprint density at radius 1 is 0.914 bits per heavy atom. The first-order valence-corrected chi connectivity index (χ1v) is 12.0. The van der Waals surface area contributed by atoms with Gasteiger partial charge in [-0.2, -0.15) is 0 Å². The minimum Gasteiger partial charge on any atom is -0.372 e. The molecule has 1 aromatic heterocycles. The number of rotatable bonds is 9. The number of benzene rings is 3. The second-order valence-electron chi connectivity index (χ2n) is 8.37. The zero-order valence-electron chi connectivity index (χ0n) is 20.4. The summed E-state index contributed by atoms with van der Waals surface area (Å²) in [5.74, 6) is 0.281. The third kappa shape index (κ3) is 5.51. The molecule has 1 heterocycles. The number of nitrogens with zero attached hydrogens (tertiary/aromatic N) is 3. The molecule has 0 aliphatic carbocycles. The number of para-hydroxylation sites is 2. The Labute approximate surface area is 205 Å². The molecule has 2 N–H and O–H groups in total. The van der Waals surface area contributed by atoms with E-state index in [2.05, 4.69) is 29.4 Å². The van der Waals surface area contributed by atoms with Crippen LogP contribution in [-0.4, -0.2) is 34.5 Å². The lowest BCUT2D eigenvalue weighted by molar-refractivity contribution is -0.116. The molecule has 0 saturated heterocycles. The van der Waals surface area contributed by atoms with Gasteiger partial charge < -0.3 is 20.1 Å². The third-order valence-electron chi connectivity index (χ3n) is 6.04. The number of carbonyl (C=O) groups is 2. The van der Waals surface area contributed by atoms with Crippen LogP contribution < -0.4 is 15.5 Å². The summed E-state index contributed by atoms with van der Waals surface area (Å²) < 4.78 is 1.87. The molecule has 7 heteroatoms. The van der Waals surface area contributed by atoms with Gasteiger partial charge in [0, 0.05) is 30.0 Å². The molecule has 4 aromatic rings. The molecule has 3 aromatic carbocycles. The quantitative estimate of drug-likeness (QED) is 0.361. The van der Waals surface area contributed by atoms with Crippen molar-refractivity contribution < 1.29 is 9.59 Å². The maximum Gasteiger partial charge on any atom is 0.251 e. The summed E-state index contributed by atoms with van der Waals surface area (Å²) in [7, 11) is 0. The van der Waals surface area contributed by atoms with E-state index in [1.165, 1.54) is 0 Å². The van der Waals surface area contributed by atoms with Crippen molar-refractivity contribution in [3.8, 4) is 0 Å². The highest BCUT2D eigenvalue weighted by atomic mass is 16.2. The Balaban J connectivity index is 1.53. The van der Waals surface area contributed by atoms with Crippen molar-refractivity contribution in [1.82, 2.24) is 14.9 Å². The summed E-state index contributed by atoms with van der Waals surface area (Å²) in [6.07, 6.45) is 0. The smallest absolute Gasteiger partial charge is 0.251 e. The standard InChI is InChI=1S/C28H31N5O2/c1-4-32(5-2)23-17-15-22(16-18-23)30-26(34)19-33-25-14-10-9-13-24(25)31-27(33)20(3)29-28(35)21-11-7-6-8-12-21/h6-18,20H,4-5,19H2,1-3H3,(H,29,35)(H,30,34)/t20-/m0/s1. The minimum atomic E-state index is -0.392. The molecule has 1 atom stereocenters. The summed E-state index contributed by atoms with van der Waals surface area (Å²) in [6, 6.07) is 24.2. The first-order chi connectivity index (χ1) is 17.0. The van der Waals surface area contributed by atoms with Crippen LogP contribution in [0.5, 0.6) is 0 Å². The number of nitrogens with one attached hydrogen (secondary N) is 2. The topological polar surface area (TPSA) is 79.3 Å². The molecule has 180 valence electrons. The number of hydrogen-bond donors (Lipinski definition) is 2. The fraction of sp³-hybridized carbons (Fsp3) is 0.250. The molecule has 35 heavy (non-hydrogen) atoms. The third-order valence-corrected chi connectivity index (χ3v) is 6.04. The van der Waals surface area contributed by atoms with Gasteiger partial charge in [-0.05, 0) is 69.3 Å². The van der Waals surface area contributed by atoms with Crippen LogP contribution >= 0.6 is 0 Å². The Kier molecular flexibility index (Phi) is 7.45. The van der Waals surface area contributed by atoms with Gasteiger partial charge >= 0.3 is 0 Å². The van der Waals surface area contributed by atoms with E-state index in [4.69, 9.17) is 4.98 Å². The van der Waals surface area contributed by atoms with Gasteiger partial charge in [0.2, 0.25) is 5.91 Å². The molecule has 0 fully saturated rings. The maximum atomic E-state index is 13.0. The zero-order chi connectivity index (χ0) is 24.8. The number of aromatic nitrogens is 2. The molecule has 0 spiro atoms. The van der Waals surface area contributed by atoms with Crippen molar-refractivity contribution in [1.29, 1.82) is 0 Å². The fourth-order valence-electron chi connectivity index (χ4n) is 4.21. The molecule has 0 saturated carbocycles. The molecule has 0 aliphatic heterocycles. The van der Waals surface area contributed by atoms with E-state index in [1.54, 1.807) is 12.1 Å². The SMILES string of the molecule is CCN(CC)c1ccc(NC(=O)Cn2c([C@H](C)NC(=O)c3ccccc3)nc3ccccc32)cc1. The van der Waals surface area contributed by atoms with Gasteiger partial charge in [0.1, 0.15) is 12.4 Å². The van der Waals surface area contributed by atoms with Crippen LogP contribution in [0.4, 0.5) is 11.4 Å². The number of carbonyl (C=O) groups excluding carboxylic acids is 2. The summed E-state index contributed by atoms with van der Waals surface area (Å²) in [5, 5.41) is 5.99. The largest absolute Gasteiger partial charge is 0.372 e. The summed E-state index contributed by atoms with van der Waals surface area (Å²) in [5.41, 5.74) is 4.06. The van der Waals surface area contributed by atoms with Crippen molar-refractivity contribution in [2.45, 2.75) is 33.4 Å². The van der Waals surface area contributed by atoms with E-state index in [1.807, 2.05) is 78.2 Å². The number of amides is 2. The van der Waals surface area contributed by atoms with Crippen LogP contribution in [0.15, 0.2) is 78.9 Å². The average Bonchev–Trinajstić information content (AvgIpc) is 3.24. The number of fused-ring (bicyclic) bond motifs is 1. The highest BCUT2D eigenvalue weighted by molar-refractivity contribution is 5.94. The molecule has 7 nitrogen and oxygen atoms in total. The van der Waals surface area contributed by atoms with Crippen molar-refractivity contribution in [3.63, 3.8) is 0 Å². The lowest BCUT2D eigenvalue weighted by Crippen LogP contribution is -2.30. The van der Waals surface area contributed by atoms with Crippen LogP contribution in [-0.2, 0) is 11.3 Å². The van der Waals surface area contributed by atoms with E-state index in [0.29, 0.717) is 11.4 Å². The van der Waals surface area contributed by atoms with Gasteiger partial charge in [-0.1, -0.05) is 30.3 Å². The normalized spacial score (nSPS) is 11.7. The highest BCUT2D eigenvalue weighted by Gasteiger charge is 2.20. The van der Waals surface area contributed by atoms with Crippen molar-refractivity contribution in [2.75, 3.05) is 23.3 Å². The van der Waals surface area contributed by atoms with Crippen molar-refractivity contribution >= 4 is 34.2 Å². The highest BCUT2D eigenvalue weighted by Crippen LogP contribution is 2.22. The lowest BCUT2D eigenvalue weighted by atomic mass is 10.2. The van der Waals surface area contributed by atoms with Crippen molar-refractivity contribution in [2.24, 2.45) is 0 Å². The second kappa shape index (κ2) is 10.9. The van der Waals surface area contributed by atoms with Gasteiger partial charge in [-0.3, -0.25) is 9.59 Å². The van der Waals surface area contributed by atoms with Gasteiger partial charge in [0.15, 0.2) is 0 Å². The predicted molar refractivity (Wildman–Crippen MR) is 141 cm³/mol. The molecule has 0 radical (unpaired) electrons. The van der Waals surface area contributed by atoms with Crippen LogP contribution in [0.2, 0.25) is 0 Å². The molecule has 0 bridgehead atoms. The maximum absolute atomic E-state index is 13.0. The first kappa shape index (κ1) is 24.0. The molecule has 4 rings (SSSR count).